The molecule has 0 saturated carbocycles. The van der Waals surface area contributed by atoms with Crippen molar-refractivity contribution in [3.8, 4) is 11.8 Å². The molecule has 0 N–H and O–H groups in total. The molecular weight excluding hydrogens is 387 g/mol. The van der Waals surface area contributed by atoms with Gasteiger partial charge in [-0.05, 0) is 49.7 Å². The van der Waals surface area contributed by atoms with Crippen LogP contribution in [0.15, 0.2) is 42.7 Å². The van der Waals surface area contributed by atoms with E-state index in [0.29, 0.717) is 6.42 Å². The second-order valence-corrected chi connectivity index (χ2v) is 8.17. The van der Waals surface area contributed by atoms with Gasteiger partial charge in [-0.2, -0.15) is 10.4 Å². The number of piperidine rings is 1. The Bertz CT molecular complexity index is 634. The molecule has 0 unspecified atom stereocenters. The van der Waals surface area contributed by atoms with Gasteiger partial charge in [-0.25, -0.2) is 4.68 Å². The summed E-state index contributed by atoms with van der Waals surface area (Å²) in [5, 5.41) is 13.2. The van der Waals surface area contributed by atoms with Crippen LogP contribution in [0.2, 0.25) is 0 Å². The molecule has 1 aliphatic rings. The van der Waals surface area contributed by atoms with Crippen LogP contribution >= 0.6 is 22.6 Å². The van der Waals surface area contributed by atoms with E-state index in [4.69, 9.17) is 5.26 Å². The van der Waals surface area contributed by atoms with Gasteiger partial charge in [0.2, 0.25) is 0 Å². The molecule has 22 heavy (non-hydrogen) atoms. The van der Waals surface area contributed by atoms with Gasteiger partial charge in [-0.15, -0.1) is 0 Å². The standard InChI is InChI=1S/C17H19IN4/c18-17(6-9-19)7-12-21(13-8-17)14-15-2-4-16(5-3-15)22-11-1-10-20-22/h1-5,10-11H,6-8,12-14H2. The maximum absolute atomic E-state index is 8.91. The van der Waals surface area contributed by atoms with Gasteiger partial charge in [-0.1, -0.05) is 34.7 Å². The van der Waals surface area contributed by atoms with Crippen molar-refractivity contribution in [3.63, 3.8) is 0 Å². The van der Waals surface area contributed by atoms with E-state index in [0.717, 1.165) is 38.2 Å². The quantitative estimate of drug-likeness (QED) is 0.576. The molecule has 0 bridgehead atoms. The summed E-state index contributed by atoms with van der Waals surface area (Å²) < 4.78 is 2.06. The Labute approximate surface area is 144 Å². The van der Waals surface area contributed by atoms with Crippen molar-refractivity contribution in [2.45, 2.75) is 29.2 Å². The lowest BCUT2D eigenvalue weighted by Crippen LogP contribution is -2.40. The fourth-order valence-corrected chi connectivity index (χ4v) is 3.52. The van der Waals surface area contributed by atoms with E-state index < -0.39 is 0 Å². The molecule has 0 aliphatic carbocycles. The number of halogens is 1. The van der Waals surface area contributed by atoms with Crippen LogP contribution in [0, 0.1) is 11.3 Å². The molecule has 114 valence electrons. The first-order valence-corrected chi connectivity index (χ1v) is 8.64. The van der Waals surface area contributed by atoms with Gasteiger partial charge in [0.25, 0.3) is 0 Å². The average Bonchev–Trinajstić information content (AvgIpc) is 3.05. The molecule has 1 saturated heterocycles. The summed E-state index contributed by atoms with van der Waals surface area (Å²) >= 11 is 2.48. The van der Waals surface area contributed by atoms with E-state index in [2.05, 4.69) is 62.9 Å². The molecular formula is C17H19IN4. The summed E-state index contributed by atoms with van der Waals surface area (Å²) in [6, 6.07) is 12.8. The van der Waals surface area contributed by atoms with Crippen molar-refractivity contribution in [2.24, 2.45) is 0 Å². The Morgan fingerprint density at radius 3 is 2.55 bits per heavy atom. The third-order valence-corrected chi connectivity index (χ3v) is 5.72. The monoisotopic (exact) mass is 406 g/mol. The van der Waals surface area contributed by atoms with Gasteiger partial charge in [0, 0.05) is 28.8 Å². The highest BCUT2D eigenvalue weighted by molar-refractivity contribution is 14.1. The van der Waals surface area contributed by atoms with Crippen LogP contribution in [-0.2, 0) is 6.54 Å². The van der Waals surface area contributed by atoms with Crippen LogP contribution in [0.4, 0.5) is 0 Å². The molecule has 0 radical (unpaired) electrons. The maximum atomic E-state index is 8.91. The molecule has 3 rings (SSSR count). The Morgan fingerprint density at radius 1 is 1.23 bits per heavy atom. The fraction of sp³-hybridized carbons (Fsp3) is 0.412. The topological polar surface area (TPSA) is 44.9 Å². The third-order valence-electron chi connectivity index (χ3n) is 4.26. The summed E-state index contributed by atoms with van der Waals surface area (Å²) in [7, 11) is 0. The van der Waals surface area contributed by atoms with E-state index >= 15 is 0 Å². The Hall–Kier alpha value is -1.39. The van der Waals surface area contributed by atoms with Crippen molar-refractivity contribution >= 4 is 22.6 Å². The largest absolute Gasteiger partial charge is 0.299 e. The van der Waals surface area contributed by atoms with Crippen molar-refractivity contribution in [1.29, 1.82) is 5.26 Å². The molecule has 0 spiro atoms. The lowest BCUT2D eigenvalue weighted by Gasteiger charge is -2.36. The van der Waals surface area contributed by atoms with Gasteiger partial charge in [0.1, 0.15) is 0 Å². The van der Waals surface area contributed by atoms with Gasteiger partial charge in [0.15, 0.2) is 0 Å². The molecule has 1 aromatic carbocycles. The number of alkyl halides is 1. The number of benzene rings is 1. The summed E-state index contributed by atoms with van der Waals surface area (Å²) in [6.45, 7) is 3.13. The van der Waals surface area contributed by atoms with Crippen LogP contribution in [-0.4, -0.2) is 31.2 Å². The second kappa shape index (κ2) is 6.80. The Morgan fingerprint density at radius 2 is 1.95 bits per heavy atom. The molecule has 1 aromatic heterocycles. The zero-order valence-corrected chi connectivity index (χ0v) is 14.6. The summed E-state index contributed by atoms with van der Waals surface area (Å²) in [5.74, 6) is 0. The highest BCUT2D eigenvalue weighted by atomic mass is 127. The van der Waals surface area contributed by atoms with Gasteiger partial charge in [0.05, 0.1) is 11.8 Å². The first-order chi connectivity index (χ1) is 10.7. The van der Waals surface area contributed by atoms with Crippen LogP contribution in [0.5, 0.6) is 0 Å². The van der Waals surface area contributed by atoms with Crippen molar-refractivity contribution in [1.82, 2.24) is 14.7 Å². The summed E-state index contributed by atoms with van der Waals surface area (Å²) in [6.07, 6.45) is 6.62. The minimum atomic E-state index is 0.187. The molecule has 0 atom stereocenters. The smallest absolute Gasteiger partial charge is 0.0645 e. The predicted molar refractivity (Wildman–Crippen MR) is 95.1 cm³/mol. The number of aromatic nitrogens is 2. The number of hydrogen-bond acceptors (Lipinski definition) is 3. The SMILES string of the molecule is N#CCC1(I)CCN(Cc2ccc(-n3cccn3)cc2)CC1. The zero-order valence-electron chi connectivity index (χ0n) is 12.5. The van der Waals surface area contributed by atoms with Crippen molar-refractivity contribution in [3.05, 3.63) is 48.3 Å². The molecule has 1 aliphatic heterocycles. The number of hydrogen-bond donors (Lipinski definition) is 0. The van der Waals surface area contributed by atoms with E-state index in [1.165, 1.54) is 5.56 Å². The van der Waals surface area contributed by atoms with E-state index in [-0.39, 0.29) is 3.42 Å². The number of rotatable bonds is 4. The molecule has 5 heteroatoms. The molecule has 4 nitrogen and oxygen atoms in total. The fourth-order valence-electron chi connectivity index (χ4n) is 2.86. The van der Waals surface area contributed by atoms with E-state index in [1.807, 2.05) is 16.9 Å². The lowest BCUT2D eigenvalue weighted by atomic mass is 9.94. The average molecular weight is 406 g/mol. The molecule has 0 amide bonds. The normalized spacial score (nSPS) is 18.0. The summed E-state index contributed by atoms with van der Waals surface area (Å²) in [4.78, 5) is 2.48. The van der Waals surface area contributed by atoms with Gasteiger partial charge in [-0.3, -0.25) is 4.90 Å². The zero-order chi connectivity index (χ0) is 15.4. The van der Waals surface area contributed by atoms with Crippen LogP contribution in [0.25, 0.3) is 5.69 Å². The van der Waals surface area contributed by atoms with Gasteiger partial charge >= 0.3 is 0 Å². The number of nitriles is 1. The Balaban J connectivity index is 1.57. The summed E-state index contributed by atoms with van der Waals surface area (Å²) in [5.41, 5.74) is 2.42. The van der Waals surface area contributed by atoms with E-state index in [9.17, 15) is 0 Å². The highest BCUT2D eigenvalue weighted by Crippen LogP contribution is 2.35. The highest BCUT2D eigenvalue weighted by Gasteiger charge is 2.31. The van der Waals surface area contributed by atoms with E-state index in [1.54, 1.807) is 6.20 Å². The van der Waals surface area contributed by atoms with Crippen LogP contribution in [0.1, 0.15) is 24.8 Å². The van der Waals surface area contributed by atoms with Crippen molar-refractivity contribution < 1.29 is 0 Å². The number of likely N-dealkylation sites (tertiary alicyclic amines) is 1. The van der Waals surface area contributed by atoms with Crippen molar-refractivity contribution in [2.75, 3.05) is 13.1 Å². The minimum Gasteiger partial charge on any atom is -0.299 e. The molecule has 2 aromatic rings. The van der Waals surface area contributed by atoms with Gasteiger partial charge < -0.3 is 0 Å². The third kappa shape index (κ3) is 3.68. The Kier molecular flexibility index (Phi) is 4.79. The lowest BCUT2D eigenvalue weighted by molar-refractivity contribution is 0.199. The minimum absolute atomic E-state index is 0.187. The first-order valence-electron chi connectivity index (χ1n) is 7.56. The van der Waals surface area contributed by atoms with Crippen LogP contribution < -0.4 is 0 Å². The first kappa shape index (κ1) is 15.5. The molecule has 1 fully saturated rings. The van der Waals surface area contributed by atoms with Crippen LogP contribution in [0.3, 0.4) is 0 Å². The maximum Gasteiger partial charge on any atom is 0.0645 e. The molecule has 2 heterocycles. The number of nitrogens with zero attached hydrogens (tertiary/aromatic N) is 4. The predicted octanol–water partition coefficient (Wildman–Crippen LogP) is 3.56. The second-order valence-electron chi connectivity index (χ2n) is 5.88.